The standard InChI is InChI=1S/C23H24BrClN2/c1-4-9-16(5-2)21-15-22(17-10-7-6-8-11-17)27(3)23(26-21)18-12-19(24)14-20(25)13-18/h4-15,22-23,26H,1-3H3/b9-4-,16-5+. The number of nitrogens with one attached hydrogen (secondary N) is 1. The van der Waals surface area contributed by atoms with Gasteiger partial charge in [0.1, 0.15) is 6.17 Å². The van der Waals surface area contributed by atoms with Crippen LogP contribution in [0.25, 0.3) is 0 Å². The van der Waals surface area contributed by atoms with Crippen molar-refractivity contribution in [3.8, 4) is 0 Å². The fourth-order valence-corrected chi connectivity index (χ4v) is 4.35. The van der Waals surface area contributed by atoms with Crippen LogP contribution in [0.1, 0.15) is 37.2 Å². The van der Waals surface area contributed by atoms with Gasteiger partial charge in [0.25, 0.3) is 0 Å². The van der Waals surface area contributed by atoms with Crippen LogP contribution in [0, 0.1) is 0 Å². The number of nitrogens with zero attached hydrogens (tertiary/aromatic N) is 1. The van der Waals surface area contributed by atoms with Crippen molar-refractivity contribution in [2.45, 2.75) is 26.1 Å². The Bertz CT molecular complexity index is 866. The zero-order chi connectivity index (χ0) is 19.4. The molecule has 1 aliphatic rings. The minimum atomic E-state index is 0.00501. The van der Waals surface area contributed by atoms with Crippen LogP contribution in [-0.2, 0) is 0 Å². The Balaban J connectivity index is 2.09. The van der Waals surface area contributed by atoms with Crippen molar-refractivity contribution >= 4 is 27.5 Å². The van der Waals surface area contributed by atoms with Gasteiger partial charge in [0.15, 0.2) is 0 Å². The molecular formula is C23H24BrClN2. The van der Waals surface area contributed by atoms with E-state index in [1.165, 1.54) is 11.1 Å². The molecule has 0 radical (unpaired) electrons. The molecule has 0 amide bonds. The molecule has 0 fully saturated rings. The summed E-state index contributed by atoms with van der Waals surface area (Å²) in [6.45, 7) is 4.11. The van der Waals surface area contributed by atoms with Gasteiger partial charge in [-0.1, -0.05) is 76.1 Å². The monoisotopic (exact) mass is 442 g/mol. The molecule has 1 aliphatic heterocycles. The molecule has 1 N–H and O–H groups in total. The second-order valence-corrected chi connectivity index (χ2v) is 7.95. The summed E-state index contributed by atoms with van der Waals surface area (Å²) in [5.41, 5.74) is 4.70. The molecule has 2 nitrogen and oxygen atoms in total. The number of allylic oxidation sites excluding steroid dienone is 3. The first kappa shape index (κ1) is 19.9. The van der Waals surface area contributed by atoms with Crippen LogP contribution in [0.2, 0.25) is 5.02 Å². The maximum absolute atomic E-state index is 6.33. The van der Waals surface area contributed by atoms with Gasteiger partial charge in [-0.25, -0.2) is 0 Å². The van der Waals surface area contributed by atoms with Gasteiger partial charge in [-0.2, -0.15) is 0 Å². The lowest BCUT2D eigenvalue weighted by Crippen LogP contribution is -2.41. The molecule has 140 valence electrons. The van der Waals surface area contributed by atoms with E-state index >= 15 is 0 Å². The lowest BCUT2D eigenvalue weighted by Gasteiger charge is -2.40. The molecular weight excluding hydrogens is 420 g/mol. The molecule has 0 aromatic heterocycles. The molecule has 27 heavy (non-hydrogen) atoms. The minimum absolute atomic E-state index is 0.00501. The molecule has 1 heterocycles. The molecule has 2 atom stereocenters. The molecule has 2 aromatic carbocycles. The normalized spacial score (nSPS) is 21.2. The van der Waals surface area contributed by atoms with Crippen molar-refractivity contribution in [2.75, 3.05) is 7.05 Å². The first-order valence-electron chi connectivity index (χ1n) is 9.04. The van der Waals surface area contributed by atoms with E-state index in [0.717, 1.165) is 20.8 Å². The highest BCUT2D eigenvalue weighted by molar-refractivity contribution is 9.10. The molecule has 3 rings (SSSR count). The van der Waals surface area contributed by atoms with Crippen molar-refractivity contribution < 1.29 is 0 Å². The van der Waals surface area contributed by atoms with Crippen LogP contribution in [-0.4, -0.2) is 11.9 Å². The maximum atomic E-state index is 6.33. The first-order valence-corrected chi connectivity index (χ1v) is 10.2. The Morgan fingerprint density at radius 2 is 1.85 bits per heavy atom. The van der Waals surface area contributed by atoms with Gasteiger partial charge in [0, 0.05) is 15.2 Å². The molecule has 2 unspecified atom stereocenters. The summed E-state index contributed by atoms with van der Waals surface area (Å²) < 4.78 is 0.979. The third-order valence-electron chi connectivity index (χ3n) is 4.77. The average Bonchev–Trinajstić information content (AvgIpc) is 2.66. The lowest BCUT2D eigenvalue weighted by molar-refractivity contribution is 0.166. The molecule has 0 aliphatic carbocycles. The third-order valence-corrected chi connectivity index (χ3v) is 5.45. The topological polar surface area (TPSA) is 15.3 Å². The van der Waals surface area contributed by atoms with Crippen LogP contribution in [0.4, 0.5) is 0 Å². The predicted octanol–water partition coefficient (Wildman–Crippen LogP) is 6.78. The van der Waals surface area contributed by atoms with Gasteiger partial charge >= 0.3 is 0 Å². The third kappa shape index (κ3) is 4.55. The number of halogens is 2. The van der Waals surface area contributed by atoms with Crippen molar-refractivity contribution in [1.29, 1.82) is 0 Å². The summed E-state index contributed by atoms with van der Waals surface area (Å²) in [6.07, 6.45) is 8.64. The van der Waals surface area contributed by atoms with Crippen LogP contribution >= 0.6 is 27.5 Å². The fraction of sp³-hybridized carbons (Fsp3) is 0.217. The van der Waals surface area contributed by atoms with E-state index in [9.17, 15) is 0 Å². The fourth-order valence-electron chi connectivity index (χ4n) is 3.47. The highest BCUT2D eigenvalue weighted by Gasteiger charge is 2.30. The Morgan fingerprint density at radius 3 is 2.48 bits per heavy atom. The summed E-state index contributed by atoms with van der Waals surface area (Å²) in [4.78, 5) is 2.33. The van der Waals surface area contributed by atoms with Gasteiger partial charge in [0.2, 0.25) is 0 Å². The summed E-state index contributed by atoms with van der Waals surface area (Å²) in [7, 11) is 2.14. The summed E-state index contributed by atoms with van der Waals surface area (Å²) in [6, 6.07) is 16.8. The SMILES string of the molecule is C/C=C\C(=C/C)C1=CC(c2ccccc2)N(C)C(c2cc(Cl)cc(Br)c2)N1. The number of benzene rings is 2. The van der Waals surface area contributed by atoms with Gasteiger partial charge in [-0.05, 0) is 61.9 Å². The Kier molecular flexibility index (Phi) is 6.59. The molecule has 4 heteroatoms. The van der Waals surface area contributed by atoms with Crippen molar-refractivity contribution in [2.24, 2.45) is 0 Å². The Hall–Kier alpha value is -1.81. The zero-order valence-electron chi connectivity index (χ0n) is 15.8. The van der Waals surface area contributed by atoms with E-state index in [4.69, 9.17) is 11.6 Å². The zero-order valence-corrected chi connectivity index (χ0v) is 18.1. The predicted molar refractivity (Wildman–Crippen MR) is 119 cm³/mol. The Morgan fingerprint density at radius 1 is 1.11 bits per heavy atom. The van der Waals surface area contributed by atoms with Crippen molar-refractivity contribution in [3.05, 3.63) is 105 Å². The number of likely N-dealkylation sites (N-methyl/N-ethyl adjacent to an activating group) is 1. The van der Waals surface area contributed by atoms with E-state index in [-0.39, 0.29) is 12.2 Å². The molecule has 0 spiro atoms. The molecule has 0 saturated heterocycles. The van der Waals surface area contributed by atoms with Crippen LogP contribution in [0.3, 0.4) is 0 Å². The van der Waals surface area contributed by atoms with E-state index in [0.29, 0.717) is 0 Å². The largest absolute Gasteiger partial charge is 0.366 e. The number of hydrogen-bond acceptors (Lipinski definition) is 2. The van der Waals surface area contributed by atoms with Gasteiger partial charge in [0.05, 0.1) is 6.04 Å². The Labute approximate surface area is 175 Å². The first-order chi connectivity index (χ1) is 13.0. The molecule has 0 saturated carbocycles. The van der Waals surface area contributed by atoms with Crippen molar-refractivity contribution in [1.82, 2.24) is 10.2 Å². The van der Waals surface area contributed by atoms with E-state index in [1.54, 1.807) is 0 Å². The van der Waals surface area contributed by atoms with Crippen LogP contribution in [0.15, 0.2) is 88.6 Å². The average molecular weight is 444 g/mol. The van der Waals surface area contributed by atoms with Crippen LogP contribution in [0.5, 0.6) is 0 Å². The number of rotatable bonds is 4. The second-order valence-electron chi connectivity index (χ2n) is 6.60. The maximum Gasteiger partial charge on any atom is 0.106 e. The second kappa shape index (κ2) is 8.92. The summed E-state index contributed by atoms with van der Waals surface area (Å²) >= 11 is 9.91. The van der Waals surface area contributed by atoms with Gasteiger partial charge < -0.3 is 5.32 Å². The minimum Gasteiger partial charge on any atom is -0.366 e. The summed E-state index contributed by atoms with van der Waals surface area (Å²) in [5.74, 6) is 0. The quantitative estimate of drug-likeness (QED) is 0.524. The summed E-state index contributed by atoms with van der Waals surface area (Å²) in [5, 5.41) is 4.42. The van der Waals surface area contributed by atoms with E-state index in [2.05, 4.69) is 101 Å². The lowest BCUT2D eigenvalue weighted by atomic mass is 9.96. The van der Waals surface area contributed by atoms with Gasteiger partial charge in [-0.15, -0.1) is 0 Å². The highest BCUT2D eigenvalue weighted by Crippen LogP contribution is 2.37. The molecule has 2 aromatic rings. The van der Waals surface area contributed by atoms with E-state index < -0.39 is 0 Å². The highest BCUT2D eigenvalue weighted by atomic mass is 79.9. The molecule has 0 bridgehead atoms. The number of hydrogen-bond donors (Lipinski definition) is 1. The van der Waals surface area contributed by atoms with E-state index in [1.807, 2.05) is 19.1 Å². The smallest absolute Gasteiger partial charge is 0.106 e. The van der Waals surface area contributed by atoms with Gasteiger partial charge in [-0.3, -0.25) is 4.90 Å². The van der Waals surface area contributed by atoms with Crippen LogP contribution < -0.4 is 5.32 Å². The van der Waals surface area contributed by atoms with Crippen molar-refractivity contribution in [3.63, 3.8) is 0 Å².